The maximum atomic E-state index is 5.97. The summed E-state index contributed by atoms with van der Waals surface area (Å²) in [5, 5.41) is 1.17. The molecule has 1 aliphatic rings. The van der Waals surface area contributed by atoms with Gasteiger partial charge in [-0.1, -0.05) is 43.7 Å². The molecular formula is C18H26N2O. The minimum Gasteiger partial charge on any atom is -0.459 e. The molecule has 3 N–H and O–H groups in total. The molecule has 3 heteroatoms. The van der Waals surface area contributed by atoms with Crippen molar-refractivity contribution in [3.05, 3.63) is 35.6 Å². The van der Waals surface area contributed by atoms with Crippen LogP contribution >= 0.6 is 0 Å². The van der Waals surface area contributed by atoms with E-state index in [-0.39, 0.29) is 6.04 Å². The van der Waals surface area contributed by atoms with Crippen LogP contribution in [-0.4, -0.2) is 0 Å². The fourth-order valence-corrected chi connectivity index (χ4v) is 3.54. The molecule has 0 aliphatic heterocycles. The maximum Gasteiger partial charge on any atom is 0.134 e. The predicted octanol–water partition coefficient (Wildman–Crippen LogP) is 4.61. The van der Waals surface area contributed by atoms with Crippen LogP contribution in [0.1, 0.15) is 62.3 Å². The van der Waals surface area contributed by atoms with Crippen molar-refractivity contribution < 1.29 is 4.42 Å². The van der Waals surface area contributed by atoms with Crippen LogP contribution < -0.4 is 11.3 Å². The van der Waals surface area contributed by atoms with Crippen molar-refractivity contribution in [1.29, 1.82) is 0 Å². The SMILES string of the molecule is Cc1ccc2oc(C(CCC3CCCCC3)NN)cc2c1. The molecular weight excluding hydrogens is 260 g/mol. The molecule has 1 heterocycles. The first-order chi connectivity index (χ1) is 10.3. The predicted molar refractivity (Wildman–Crippen MR) is 86.8 cm³/mol. The average molecular weight is 286 g/mol. The fraction of sp³-hybridized carbons (Fsp3) is 0.556. The lowest BCUT2D eigenvalue weighted by molar-refractivity contribution is 0.304. The molecule has 1 saturated carbocycles. The largest absolute Gasteiger partial charge is 0.459 e. The van der Waals surface area contributed by atoms with Crippen molar-refractivity contribution in [3.8, 4) is 0 Å². The molecule has 2 aromatic rings. The van der Waals surface area contributed by atoms with Crippen molar-refractivity contribution >= 4 is 11.0 Å². The number of hydrogen-bond acceptors (Lipinski definition) is 3. The Bertz CT molecular complexity index is 584. The van der Waals surface area contributed by atoms with Crippen molar-refractivity contribution in [1.82, 2.24) is 5.43 Å². The van der Waals surface area contributed by atoms with Crippen molar-refractivity contribution in [3.63, 3.8) is 0 Å². The van der Waals surface area contributed by atoms with Gasteiger partial charge in [-0.3, -0.25) is 5.84 Å². The molecule has 1 unspecified atom stereocenters. The minimum atomic E-state index is 0.125. The molecule has 0 radical (unpaired) electrons. The van der Waals surface area contributed by atoms with Gasteiger partial charge in [0.25, 0.3) is 0 Å². The Morgan fingerprint density at radius 1 is 1.24 bits per heavy atom. The molecule has 3 nitrogen and oxygen atoms in total. The monoisotopic (exact) mass is 286 g/mol. The molecule has 114 valence electrons. The molecule has 3 rings (SSSR count). The Morgan fingerprint density at radius 2 is 2.05 bits per heavy atom. The summed E-state index contributed by atoms with van der Waals surface area (Å²) < 4.78 is 5.97. The van der Waals surface area contributed by atoms with Gasteiger partial charge < -0.3 is 4.42 Å². The molecule has 0 saturated heterocycles. The van der Waals surface area contributed by atoms with Crippen LogP contribution in [0.25, 0.3) is 11.0 Å². The number of fused-ring (bicyclic) bond motifs is 1. The Balaban J connectivity index is 1.68. The van der Waals surface area contributed by atoms with Gasteiger partial charge in [0.1, 0.15) is 11.3 Å². The van der Waals surface area contributed by atoms with Crippen LogP contribution in [0.15, 0.2) is 28.7 Å². The molecule has 0 bridgehead atoms. The Labute approximate surface area is 126 Å². The van der Waals surface area contributed by atoms with E-state index in [1.165, 1.54) is 49.5 Å². The zero-order valence-electron chi connectivity index (χ0n) is 12.9. The van der Waals surface area contributed by atoms with Gasteiger partial charge in [-0.25, -0.2) is 5.43 Å². The molecule has 0 amide bonds. The van der Waals surface area contributed by atoms with Gasteiger partial charge in [0.15, 0.2) is 0 Å². The zero-order chi connectivity index (χ0) is 14.7. The summed E-state index contributed by atoms with van der Waals surface area (Å²) in [5.74, 6) is 7.60. The molecule has 1 atom stereocenters. The van der Waals surface area contributed by atoms with Crippen molar-refractivity contribution in [2.45, 2.75) is 57.9 Å². The first-order valence-corrected chi connectivity index (χ1v) is 8.22. The van der Waals surface area contributed by atoms with E-state index in [4.69, 9.17) is 10.3 Å². The molecule has 1 aromatic heterocycles. The third kappa shape index (κ3) is 3.47. The van der Waals surface area contributed by atoms with Gasteiger partial charge in [0, 0.05) is 5.39 Å². The van der Waals surface area contributed by atoms with Crippen molar-refractivity contribution in [2.75, 3.05) is 0 Å². The van der Waals surface area contributed by atoms with Crippen molar-refractivity contribution in [2.24, 2.45) is 11.8 Å². The van der Waals surface area contributed by atoms with E-state index >= 15 is 0 Å². The molecule has 1 aliphatic carbocycles. The highest BCUT2D eigenvalue weighted by Gasteiger charge is 2.19. The summed E-state index contributed by atoms with van der Waals surface area (Å²) in [4.78, 5) is 0. The van der Waals surface area contributed by atoms with Crippen LogP contribution in [0, 0.1) is 12.8 Å². The minimum absolute atomic E-state index is 0.125. The third-order valence-electron chi connectivity index (χ3n) is 4.82. The highest BCUT2D eigenvalue weighted by Crippen LogP contribution is 2.32. The molecule has 0 spiro atoms. The lowest BCUT2D eigenvalue weighted by Gasteiger charge is -2.23. The molecule has 21 heavy (non-hydrogen) atoms. The number of hydrazine groups is 1. The highest BCUT2D eigenvalue weighted by atomic mass is 16.3. The van der Waals surface area contributed by atoms with Crippen LogP contribution in [-0.2, 0) is 0 Å². The van der Waals surface area contributed by atoms with E-state index in [1.807, 2.05) is 6.07 Å². The van der Waals surface area contributed by atoms with Gasteiger partial charge in [-0.2, -0.15) is 0 Å². The number of nitrogens with two attached hydrogens (primary N) is 1. The highest BCUT2D eigenvalue weighted by molar-refractivity contribution is 5.78. The van der Waals surface area contributed by atoms with Crippen LogP contribution in [0.2, 0.25) is 0 Å². The summed E-state index contributed by atoms with van der Waals surface area (Å²) in [6.45, 7) is 2.11. The number of benzene rings is 1. The van der Waals surface area contributed by atoms with Crippen LogP contribution in [0.5, 0.6) is 0 Å². The van der Waals surface area contributed by atoms with E-state index < -0.39 is 0 Å². The normalized spacial score (nSPS) is 18.2. The number of hydrogen-bond donors (Lipinski definition) is 2. The summed E-state index contributed by atoms with van der Waals surface area (Å²) >= 11 is 0. The van der Waals surface area contributed by atoms with Crippen LogP contribution in [0.4, 0.5) is 0 Å². The summed E-state index contributed by atoms with van der Waals surface area (Å²) in [6.07, 6.45) is 9.28. The first-order valence-electron chi connectivity index (χ1n) is 8.22. The quantitative estimate of drug-likeness (QED) is 0.623. The Hall–Kier alpha value is -1.32. The second-order valence-corrected chi connectivity index (χ2v) is 6.49. The fourth-order valence-electron chi connectivity index (χ4n) is 3.54. The summed E-state index contributed by atoms with van der Waals surface area (Å²) in [7, 11) is 0. The maximum absolute atomic E-state index is 5.97. The van der Waals surface area contributed by atoms with Gasteiger partial charge >= 0.3 is 0 Å². The average Bonchev–Trinajstić information content (AvgIpc) is 2.92. The Morgan fingerprint density at radius 3 is 2.81 bits per heavy atom. The number of rotatable bonds is 5. The van der Waals surface area contributed by atoms with E-state index in [2.05, 4.69) is 30.5 Å². The summed E-state index contributed by atoms with van der Waals surface area (Å²) in [5.41, 5.74) is 5.15. The van der Waals surface area contributed by atoms with Gasteiger partial charge in [-0.15, -0.1) is 0 Å². The standard InChI is InChI=1S/C18H26N2O/c1-13-7-10-17-15(11-13)12-18(21-17)16(20-19)9-8-14-5-3-2-4-6-14/h7,10-12,14,16,20H,2-6,8-9,19H2,1H3. The number of aryl methyl sites for hydroxylation is 1. The number of furan rings is 1. The van der Waals surface area contributed by atoms with Gasteiger partial charge in [0.05, 0.1) is 6.04 Å². The summed E-state index contributed by atoms with van der Waals surface area (Å²) in [6, 6.07) is 8.55. The van der Waals surface area contributed by atoms with E-state index in [9.17, 15) is 0 Å². The Kier molecular flexibility index (Phi) is 4.61. The molecule has 1 fully saturated rings. The zero-order valence-corrected chi connectivity index (χ0v) is 12.9. The molecule has 1 aromatic carbocycles. The van der Waals surface area contributed by atoms with Gasteiger partial charge in [-0.05, 0) is 43.9 Å². The van der Waals surface area contributed by atoms with E-state index in [0.717, 1.165) is 23.7 Å². The van der Waals surface area contributed by atoms with E-state index in [1.54, 1.807) is 0 Å². The second kappa shape index (κ2) is 6.63. The van der Waals surface area contributed by atoms with Crippen LogP contribution in [0.3, 0.4) is 0 Å². The number of nitrogens with one attached hydrogen (secondary N) is 1. The third-order valence-corrected chi connectivity index (χ3v) is 4.82. The smallest absolute Gasteiger partial charge is 0.134 e. The second-order valence-electron chi connectivity index (χ2n) is 6.49. The van der Waals surface area contributed by atoms with E-state index in [0.29, 0.717) is 0 Å². The first kappa shape index (κ1) is 14.6. The lowest BCUT2D eigenvalue weighted by Crippen LogP contribution is -2.28. The van der Waals surface area contributed by atoms with Gasteiger partial charge in [0.2, 0.25) is 0 Å². The lowest BCUT2D eigenvalue weighted by atomic mass is 9.85. The topological polar surface area (TPSA) is 51.2 Å².